The molecule has 0 amide bonds. The molecule has 2 heteroatoms. The van der Waals surface area contributed by atoms with E-state index in [4.69, 9.17) is 4.74 Å². The summed E-state index contributed by atoms with van der Waals surface area (Å²) in [6, 6.07) is 0. The van der Waals surface area contributed by atoms with E-state index in [-0.39, 0.29) is 5.97 Å². The SMILES string of the molecule is O=C1C/C=C\CCCCCCCCCCCCO1. The van der Waals surface area contributed by atoms with Gasteiger partial charge < -0.3 is 4.74 Å². The molecular formula is C16H28O2. The van der Waals surface area contributed by atoms with Crippen molar-refractivity contribution in [2.75, 3.05) is 6.61 Å². The van der Waals surface area contributed by atoms with Gasteiger partial charge in [0.2, 0.25) is 0 Å². The third-order valence-electron chi connectivity index (χ3n) is 3.48. The van der Waals surface area contributed by atoms with E-state index in [1.807, 2.05) is 6.08 Å². The van der Waals surface area contributed by atoms with Crippen molar-refractivity contribution in [3.63, 3.8) is 0 Å². The van der Waals surface area contributed by atoms with Gasteiger partial charge in [0.05, 0.1) is 13.0 Å². The minimum atomic E-state index is -0.0735. The highest BCUT2D eigenvalue weighted by Crippen LogP contribution is 2.12. The molecule has 0 aromatic rings. The van der Waals surface area contributed by atoms with Crippen LogP contribution in [0.4, 0.5) is 0 Å². The molecule has 1 aliphatic rings. The van der Waals surface area contributed by atoms with Gasteiger partial charge in [0.1, 0.15) is 0 Å². The van der Waals surface area contributed by atoms with Crippen LogP contribution in [-0.2, 0) is 9.53 Å². The lowest BCUT2D eigenvalue weighted by molar-refractivity contribution is -0.142. The summed E-state index contributed by atoms with van der Waals surface area (Å²) in [5.41, 5.74) is 0. The maximum Gasteiger partial charge on any atom is 0.309 e. The Morgan fingerprint density at radius 3 is 1.94 bits per heavy atom. The standard InChI is InChI=1S/C16H28O2/c17-16-14-12-10-8-6-4-2-1-3-5-7-9-11-13-15-18-16/h10,12H,1-9,11,13-15H2/b12-10-. The maximum absolute atomic E-state index is 11.4. The molecule has 0 saturated heterocycles. The summed E-state index contributed by atoms with van der Waals surface area (Å²) >= 11 is 0. The smallest absolute Gasteiger partial charge is 0.309 e. The van der Waals surface area contributed by atoms with E-state index in [2.05, 4.69) is 6.08 Å². The molecule has 2 nitrogen and oxygen atoms in total. The predicted molar refractivity (Wildman–Crippen MR) is 75.5 cm³/mol. The second-order valence-electron chi connectivity index (χ2n) is 5.22. The molecule has 104 valence electrons. The van der Waals surface area contributed by atoms with Crippen LogP contribution in [0.15, 0.2) is 12.2 Å². The number of carbonyl (C=O) groups is 1. The third kappa shape index (κ3) is 9.26. The molecule has 0 aliphatic carbocycles. The van der Waals surface area contributed by atoms with E-state index in [0.717, 1.165) is 12.8 Å². The van der Waals surface area contributed by atoms with Gasteiger partial charge in [-0.05, 0) is 19.3 Å². The Hall–Kier alpha value is -0.790. The Morgan fingerprint density at radius 1 is 0.722 bits per heavy atom. The molecule has 0 N–H and O–H groups in total. The first-order valence-corrected chi connectivity index (χ1v) is 7.70. The number of ether oxygens (including phenoxy) is 1. The average molecular weight is 252 g/mol. The Kier molecular flexibility index (Phi) is 9.59. The Balaban J connectivity index is 2.18. The first kappa shape index (κ1) is 15.3. The molecule has 0 unspecified atom stereocenters. The molecule has 0 spiro atoms. The van der Waals surface area contributed by atoms with E-state index in [0.29, 0.717) is 13.0 Å². The summed E-state index contributed by atoms with van der Waals surface area (Å²) in [6.45, 7) is 0.604. The molecule has 0 aromatic carbocycles. The van der Waals surface area contributed by atoms with E-state index >= 15 is 0 Å². The van der Waals surface area contributed by atoms with Crippen LogP contribution in [0.25, 0.3) is 0 Å². The number of allylic oxidation sites excluding steroid dienone is 1. The molecule has 0 atom stereocenters. The number of hydrogen-bond donors (Lipinski definition) is 0. The molecular weight excluding hydrogens is 224 g/mol. The van der Waals surface area contributed by atoms with Crippen LogP contribution in [0, 0.1) is 0 Å². The van der Waals surface area contributed by atoms with E-state index in [1.165, 1.54) is 57.8 Å². The second kappa shape index (κ2) is 11.3. The van der Waals surface area contributed by atoms with Crippen LogP contribution >= 0.6 is 0 Å². The van der Waals surface area contributed by atoms with Gasteiger partial charge in [-0.15, -0.1) is 0 Å². The minimum Gasteiger partial charge on any atom is -0.465 e. The number of carbonyl (C=O) groups excluding carboxylic acids is 1. The van der Waals surface area contributed by atoms with Crippen LogP contribution in [0.3, 0.4) is 0 Å². The average Bonchev–Trinajstić information content (AvgIpc) is 2.37. The molecule has 0 fully saturated rings. The number of esters is 1. The Bertz CT molecular complexity index is 233. The molecule has 1 rings (SSSR count). The van der Waals surface area contributed by atoms with Crippen LogP contribution in [0.5, 0.6) is 0 Å². The van der Waals surface area contributed by atoms with Crippen molar-refractivity contribution in [3.8, 4) is 0 Å². The maximum atomic E-state index is 11.4. The molecule has 0 bridgehead atoms. The van der Waals surface area contributed by atoms with E-state index < -0.39 is 0 Å². The normalized spacial score (nSPS) is 23.9. The van der Waals surface area contributed by atoms with E-state index in [9.17, 15) is 4.79 Å². The van der Waals surface area contributed by atoms with Crippen molar-refractivity contribution in [1.82, 2.24) is 0 Å². The summed E-state index contributed by atoms with van der Waals surface area (Å²) in [5, 5.41) is 0. The van der Waals surface area contributed by atoms with E-state index in [1.54, 1.807) is 0 Å². The summed E-state index contributed by atoms with van der Waals surface area (Å²) in [5.74, 6) is -0.0735. The van der Waals surface area contributed by atoms with Gasteiger partial charge in [-0.2, -0.15) is 0 Å². The van der Waals surface area contributed by atoms with Crippen molar-refractivity contribution in [2.24, 2.45) is 0 Å². The van der Waals surface area contributed by atoms with Gasteiger partial charge in [-0.1, -0.05) is 63.5 Å². The van der Waals surface area contributed by atoms with Gasteiger partial charge in [0.15, 0.2) is 0 Å². The zero-order valence-electron chi connectivity index (χ0n) is 11.7. The van der Waals surface area contributed by atoms with Gasteiger partial charge >= 0.3 is 5.97 Å². The monoisotopic (exact) mass is 252 g/mol. The number of rotatable bonds is 0. The summed E-state index contributed by atoms with van der Waals surface area (Å²) < 4.78 is 5.18. The topological polar surface area (TPSA) is 26.3 Å². The number of cyclic esters (lactones) is 1. The molecule has 0 saturated carbocycles. The number of hydrogen-bond acceptors (Lipinski definition) is 2. The first-order valence-electron chi connectivity index (χ1n) is 7.70. The minimum absolute atomic E-state index is 0.0735. The van der Waals surface area contributed by atoms with Gasteiger partial charge in [-0.3, -0.25) is 4.79 Å². The fraction of sp³-hybridized carbons (Fsp3) is 0.812. The highest BCUT2D eigenvalue weighted by Gasteiger charge is 1.99. The molecule has 18 heavy (non-hydrogen) atoms. The van der Waals surface area contributed by atoms with Crippen LogP contribution in [-0.4, -0.2) is 12.6 Å². The first-order chi connectivity index (χ1) is 8.89. The quantitative estimate of drug-likeness (QED) is 0.458. The Morgan fingerprint density at radius 2 is 1.28 bits per heavy atom. The van der Waals surface area contributed by atoms with Crippen LogP contribution in [0.1, 0.15) is 77.0 Å². The van der Waals surface area contributed by atoms with Crippen molar-refractivity contribution in [2.45, 2.75) is 77.0 Å². The van der Waals surface area contributed by atoms with Crippen molar-refractivity contribution in [1.29, 1.82) is 0 Å². The molecule has 1 aliphatic heterocycles. The van der Waals surface area contributed by atoms with Gasteiger partial charge in [0.25, 0.3) is 0 Å². The van der Waals surface area contributed by atoms with Gasteiger partial charge in [0, 0.05) is 0 Å². The third-order valence-corrected chi connectivity index (χ3v) is 3.48. The fourth-order valence-electron chi connectivity index (χ4n) is 2.32. The highest BCUT2D eigenvalue weighted by molar-refractivity contribution is 5.71. The van der Waals surface area contributed by atoms with Crippen LogP contribution < -0.4 is 0 Å². The van der Waals surface area contributed by atoms with Crippen molar-refractivity contribution in [3.05, 3.63) is 12.2 Å². The summed E-state index contributed by atoms with van der Waals surface area (Å²) in [6.07, 6.45) is 18.6. The molecule has 0 radical (unpaired) electrons. The fourth-order valence-corrected chi connectivity index (χ4v) is 2.32. The zero-order valence-corrected chi connectivity index (χ0v) is 11.7. The van der Waals surface area contributed by atoms with Crippen molar-refractivity contribution < 1.29 is 9.53 Å². The van der Waals surface area contributed by atoms with Crippen LogP contribution in [0.2, 0.25) is 0 Å². The zero-order chi connectivity index (χ0) is 12.9. The molecule has 1 heterocycles. The summed E-state index contributed by atoms with van der Waals surface area (Å²) in [4.78, 5) is 11.4. The second-order valence-corrected chi connectivity index (χ2v) is 5.22. The molecule has 0 aromatic heterocycles. The predicted octanol–water partition coefficient (Wildman–Crippen LogP) is 4.78. The summed E-state index contributed by atoms with van der Waals surface area (Å²) in [7, 11) is 0. The van der Waals surface area contributed by atoms with Gasteiger partial charge in [-0.25, -0.2) is 0 Å². The lowest BCUT2D eigenvalue weighted by atomic mass is 10.1. The van der Waals surface area contributed by atoms with Crippen molar-refractivity contribution >= 4 is 5.97 Å². The Labute approximate surface area is 112 Å². The lowest BCUT2D eigenvalue weighted by Crippen LogP contribution is -2.04. The highest BCUT2D eigenvalue weighted by atomic mass is 16.5. The largest absolute Gasteiger partial charge is 0.465 e. The lowest BCUT2D eigenvalue weighted by Gasteiger charge is -2.03.